The number of thioether (sulfide) groups is 1. The molecule has 3 rings (SSSR count). The van der Waals surface area contributed by atoms with Gasteiger partial charge in [-0.25, -0.2) is 0 Å². The Bertz CT molecular complexity index is 462. The van der Waals surface area contributed by atoms with E-state index in [9.17, 15) is 4.79 Å². The number of hydrogen-bond acceptors (Lipinski definition) is 3. The minimum absolute atomic E-state index is 0.295. The second-order valence-corrected chi connectivity index (χ2v) is 6.97. The highest BCUT2D eigenvalue weighted by Gasteiger charge is 2.16. The summed E-state index contributed by atoms with van der Waals surface area (Å²) in [6.45, 7) is 4.26. The van der Waals surface area contributed by atoms with Gasteiger partial charge in [0.2, 0.25) is 5.91 Å². The summed E-state index contributed by atoms with van der Waals surface area (Å²) in [5.41, 5.74) is 1.32. The number of anilines is 1. The van der Waals surface area contributed by atoms with Gasteiger partial charge in [-0.3, -0.25) is 4.79 Å². The Hall–Kier alpha value is -1.16. The molecule has 114 valence electrons. The molecule has 4 heteroatoms. The number of benzene rings is 1. The van der Waals surface area contributed by atoms with Crippen LogP contribution < -0.4 is 4.90 Å². The summed E-state index contributed by atoms with van der Waals surface area (Å²) in [6, 6.07) is 8.70. The van der Waals surface area contributed by atoms with E-state index in [1.54, 1.807) is 11.8 Å². The summed E-state index contributed by atoms with van der Waals surface area (Å²) >= 11 is 1.66. The number of carbonyl (C=O) groups is 1. The molecule has 0 aromatic heterocycles. The van der Waals surface area contributed by atoms with Crippen LogP contribution in [0.25, 0.3) is 0 Å². The Morgan fingerprint density at radius 3 is 2.19 bits per heavy atom. The fourth-order valence-electron chi connectivity index (χ4n) is 3.11. The molecular weight excluding hydrogens is 280 g/mol. The van der Waals surface area contributed by atoms with Crippen LogP contribution in [0.3, 0.4) is 0 Å². The average Bonchev–Trinajstić information content (AvgIpc) is 3.08. The van der Waals surface area contributed by atoms with Crippen LogP contribution in [-0.2, 0) is 4.79 Å². The minimum atomic E-state index is 0.295. The molecule has 2 aliphatic heterocycles. The van der Waals surface area contributed by atoms with Crippen LogP contribution in [0.5, 0.6) is 0 Å². The number of rotatable bonds is 4. The smallest absolute Gasteiger partial charge is 0.232 e. The highest BCUT2D eigenvalue weighted by Crippen LogP contribution is 2.25. The van der Waals surface area contributed by atoms with Crippen molar-refractivity contribution < 1.29 is 4.79 Å². The molecule has 1 amide bonds. The van der Waals surface area contributed by atoms with Crippen molar-refractivity contribution in [3.05, 3.63) is 24.3 Å². The van der Waals surface area contributed by atoms with Crippen molar-refractivity contribution in [2.45, 2.75) is 37.0 Å². The maximum atomic E-state index is 12.1. The molecule has 1 aromatic carbocycles. The zero-order valence-corrected chi connectivity index (χ0v) is 13.4. The minimum Gasteiger partial charge on any atom is -0.372 e. The lowest BCUT2D eigenvalue weighted by Crippen LogP contribution is -2.36. The number of piperidine rings is 1. The normalized spacial score (nSPS) is 19.0. The number of amides is 1. The van der Waals surface area contributed by atoms with Gasteiger partial charge in [-0.1, -0.05) is 0 Å². The van der Waals surface area contributed by atoms with E-state index >= 15 is 0 Å². The molecule has 1 aromatic rings. The quantitative estimate of drug-likeness (QED) is 0.797. The van der Waals surface area contributed by atoms with Crippen LogP contribution in [0.1, 0.15) is 32.1 Å². The summed E-state index contributed by atoms with van der Waals surface area (Å²) in [6.07, 6.45) is 6.22. The first-order valence-electron chi connectivity index (χ1n) is 8.08. The fraction of sp³-hybridized carbons (Fsp3) is 0.588. The molecule has 0 unspecified atom stereocenters. The first kappa shape index (κ1) is 14.8. The van der Waals surface area contributed by atoms with Gasteiger partial charge < -0.3 is 9.80 Å². The van der Waals surface area contributed by atoms with Crippen molar-refractivity contribution in [1.82, 2.24) is 4.90 Å². The van der Waals surface area contributed by atoms with Crippen LogP contribution >= 0.6 is 11.8 Å². The zero-order valence-electron chi connectivity index (χ0n) is 12.6. The Morgan fingerprint density at radius 1 is 0.905 bits per heavy atom. The lowest BCUT2D eigenvalue weighted by Gasteiger charge is -2.26. The van der Waals surface area contributed by atoms with E-state index in [0.29, 0.717) is 11.7 Å². The van der Waals surface area contributed by atoms with Gasteiger partial charge in [0.1, 0.15) is 0 Å². The van der Waals surface area contributed by atoms with Gasteiger partial charge in [-0.05, 0) is 56.4 Å². The van der Waals surface area contributed by atoms with Gasteiger partial charge in [0.15, 0.2) is 0 Å². The van der Waals surface area contributed by atoms with E-state index in [2.05, 4.69) is 29.2 Å². The Balaban J connectivity index is 1.49. The molecule has 2 aliphatic rings. The Labute approximate surface area is 131 Å². The van der Waals surface area contributed by atoms with Crippen molar-refractivity contribution in [2.75, 3.05) is 36.8 Å². The van der Waals surface area contributed by atoms with Crippen LogP contribution in [0.15, 0.2) is 29.2 Å². The van der Waals surface area contributed by atoms with E-state index in [-0.39, 0.29) is 0 Å². The van der Waals surface area contributed by atoms with Crippen LogP contribution in [-0.4, -0.2) is 42.7 Å². The molecule has 3 nitrogen and oxygen atoms in total. The fourth-order valence-corrected chi connectivity index (χ4v) is 3.91. The third-order valence-corrected chi connectivity index (χ3v) is 5.38. The monoisotopic (exact) mass is 304 g/mol. The summed E-state index contributed by atoms with van der Waals surface area (Å²) in [7, 11) is 0. The molecule has 0 atom stereocenters. The molecule has 0 aliphatic carbocycles. The number of likely N-dealkylation sites (tertiary alicyclic amines) is 1. The third-order valence-electron chi connectivity index (χ3n) is 4.38. The molecule has 2 fully saturated rings. The summed E-state index contributed by atoms with van der Waals surface area (Å²) in [5.74, 6) is 0.867. The number of carbonyl (C=O) groups excluding carboxylic acids is 1. The van der Waals surface area contributed by atoms with Gasteiger partial charge >= 0.3 is 0 Å². The predicted octanol–water partition coefficient (Wildman–Crippen LogP) is 3.39. The van der Waals surface area contributed by atoms with Crippen molar-refractivity contribution in [1.29, 1.82) is 0 Å². The first-order valence-corrected chi connectivity index (χ1v) is 9.07. The average molecular weight is 304 g/mol. The van der Waals surface area contributed by atoms with Gasteiger partial charge in [-0.15, -0.1) is 11.8 Å². The lowest BCUT2D eigenvalue weighted by molar-refractivity contribution is -0.129. The molecule has 0 N–H and O–H groups in total. The Kier molecular flexibility index (Phi) is 5.07. The summed E-state index contributed by atoms with van der Waals surface area (Å²) in [5, 5.41) is 0. The van der Waals surface area contributed by atoms with Gasteiger partial charge in [-0.2, -0.15) is 0 Å². The summed E-state index contributed by atoms with van der Waals surface area (Å²) < 4.78 is 0. The lowest BCUT2D eigenvalue weighted by atomic mass is 10.1. The van der Waals surface area contributed by atoms with Gasteiger partial charge in [0.05, 0.1) is 5.75 Å². The first-order chi connectivity index (χ1) is 10.3. The highest BCUT2D eigenvalue weighted by molar-refractivity contribution is 8.00. The maximum Gasteiger partial charge on any atom is 0.232 e. The van der Waals surface area contributed by atoms with Crippen molar-refractivity contribution in [3.8, 4) is 0 Å². The second-order valence-electron chi connectivity index (χ2n) is 5.92. The van der Waals surface area contributed by atoms with E-state index in [4.69, 9.17) is 0 Å². The molecule has 2 heterocycles. The van der Waals surface area contributed by atoms with Crippen LogP contribution in [0.4, 0.5) is 5.69 Å². The molecule has 0 spiro atoms. The molecule has 0 saturated carbocycles. The van der Waals surface area contributed by atoms with Crippen LogP contribution in [0, 0.1) is 0 Å². The topological polar surface area (TPSA) is 23.6 Å². The second kappa shape index (κ2) is 7.21. The predicted molar refractivity (Wildman–Crippen MR) is 89.0 cm³/mol. The highest BCUT2D eigenvalue weighted by atomic mass is 32.2. The summed E-state index contributed by atoms with van der Waals surface area (Å²) in [4.78, 5) is 17.8. The van der Waals surface area contributed by atoms with E-state index < -0.39 is 0 Å². The zero-order chi connectivity index (χ0) is 14.5. The molecular formula is C17H24N2OS. The van der Waals surface area contributed by atoms with E-state index in [0.717, 1.165) is 13.1 Å². The SMILES string of the molecule is O=C(CSc1ccc(N2CCCC2)cc1)N1CCCCC1. The van der Waals surface area contributed by atoms with Crippen molar-refractivity contribution >= 4 is 23.4 Å². The van der Waals surface area contributed by atoms with Crippen molar-refractivity contribution in [3.63, 3.8) is 0 Å². The standard InChI is InChI=1S/C17H24N2OS/c20-17(19-12-2-1-3-13-19)14-21-16-8-6-15(7-9-16)18-10-4-5-11-18/h6-9H,1-5,10-14H2. The molecule has 0 bridgehead atoms. The maximum absolute atomic E-state index is 12.1. The van der Waals surface area contributed by atoms with E-state index in [1.165, 1.54) is 55.8 Å². The van der Waals surface area contributed by atoms with Crippen LogP contribution in [0.2, 0.25) is 0 Å². The van der Waals surface area contributed by atoms with E-state index in [1.807, 2.05) is 4.90 Å². The molecule has 2 saturated heterocycles. The van der Waals surface area contributed by atoms with Gasteiger partial charge in [0, 0.05) is 36.8 Å². The molecule has 0 radical (unpaired) electrons. The largest absolute Gasteiger partial charge is 0.372 e. The third kappa shape index (κ3) is 3.94. The van der Waals surface area contributed by atoms with Crippen molar-refractivity contribution in [2.24, 2.45) is 0 Å². The number of hydrogen-bond donors (Lipinski definition) is 0. The number of nitrogens with zero attached hydrogens (tertiary/aromatic N) is 2. The Morgan fingerprint density at radius 2 is 1.52 bits per heavy atom. The van der Waals surface area contributed by atoms with Gasteiger partial charge in [0.25, 0.3) is 0 Å². The molecule has 21 heavy (non-hydrogen) atoms.